The molecule has 1 aromatic rings. The van der Waals surface area contributed by atoms with Crippen molar-refractivity contribution in [1.29, 1.82) is 0 Å². The number of tetrazole rings is 1. The van der Waals surface area contributed by atoms with E-state index in [0.29, 0.717) is 0 Å². The third-order valence-corrected chi connectivity index (χ3v) is 2.44. The lowest BCUT2D eigenvalue weighted by molar-refractivity contribution is 0.322. The molecule has 0 fully saturated rings. The summed E-state index contributed by atoms with van der Waals surface area (Å²) in [5, 5.41) is 20.0. The second kappa shape index (κ2) is 5.93. The molecule has 1 aromatic heterocycles. The maximum atomic E-state index is 8.59. The zero-order valence-corrected chi connectivity index (χ0v) is 8.50. The first-order valence-electron chi connectivity index (χ1n) is 4.32. The Bertz CT molecular complexity index is 240. The average molecular weight is 202 g/mol. The molecule has 1 rings (SSSR count). The van der Waals surface area contributed by atoms with Crippen LogP contribution in [-0.4, -0.2) is 37.7 Å². The van der Waals surface area contributed by atoms with Crippen LogP contribution < -0.4 is 0 Å². The minimum Gasteiger partial charge on any atom is -0.396 e. The molecule has 0 amide bonds. The summed E-state index contributed by atoms with van der Waals surface area (Å²) < 4.78 is 1.81. The van der Waals surface area contributed by atoms with Crippen LogP contribution in [0, 0.1) is 0 Å². The lowest BCUT2D eigenvalue weighted by atomic mass is 10.5. The molecule has 0 aliphatic heterocycles. The summed E-state index contributed by atoms with van der Waals surface area (Å²) in [6, 6.07) is 0. The highest BCUT2D eigenvalue weighted by Gasteiger charge is 2.03. The third kappa shape index (κ3) is 3.31. The van der Waals surface area contributed by atoms with Crippen molar-refractivity contribution in [1.82, 2.24) is 20.2 Å². The van der Waals surface area contributed by atoms with Crippen LogP contribution in [0.2, 0.25) is 0 Å². The van der Waals surface area contributed by atoms with Crippen LogP contribution in [0.3, 0.4) is 0 Å². The number of aromatic nitrogens is 4. The molecule has 74 valence electrons. The van der Waals surface area contributed by atoms with E-state index in [4.69, 9.17) is 5.11 Å². The van der Waals surface area contributed by atoms with Gasteiger partial charge in [-0.2, -0.15) is 11.8 Å². The van der Waals surface area contributed by atoms with Crippen LogP contribution in [0.4, 0.5) is 0 Å². The first-order valence-corrected chi connectivity index (χ1v) is 5.47. The number of nitrogens with zero attached hydrogens (tertiary/aromatic N) is 4. The van der Waals surface area contributed by atoms with Gasteiger partial charge in [-0.1, -0.05) is 6.92 Å². The van der Waals surface area contributed by atoms with E-state index < -0.39 is 0 Å². The van der Waals surface area contributed by atoms with Gasteiger partial charge in [0.25, 0.3) is 0 Å². The molecule has 0 aromatic carbocycles. The topological polar surface area (TPSA) is 63.8 Å². The van der Waals surface area contributed by atoms with Gasteiger partial charge in [-0.15, -0.1) is 5.10 Å². The number of aliphatic hydroxyl groups excluding tert-OH is 1. The predicted octanol–water partition coefficient (Wildman–Crippen LogP) is 0.309. The molecule has 5 nitrogen and oxygen atoms in total. The van der Waals surface area contributed by atoms with E-state index in [1.807, 2.05) is 4.68 Å². The molecule has 13 heavy (non-hydrogen) atoms. The molecule has 0 atom stereocenters. The van der Waals surface area contributed by atoms with Gasteiger partial charge in [0.05, 0.1) is 12.4 Å². The van der Waals surface area contributed by atoms with Crippen LogP contribution in [0.25, 0.3) is 0 Å². The molecule has 0 aliphatic carbocycles. The maximum absolute atomic E-state index is 8.59. The first-order chi connectivity index (χ1) is 6.38. The Balaban J connectivity index is 2.40. The van der Waals surface area contributed by atoms with E-state index in [9.17, 15) is 0 Å². The van der Waals surface area contributed by atoms with Gasteiger partial charge in [0.2, 0.25) is 0 Å². The minimum absolute atomic E-state index is 0.208. The van der Waals surface area contributed by atoms with Crippen LogP contribution in [0.1, 0.15) is 19.2 Å². The highest BCUT2D eigenvalue weighted by molar-refractivity contribution is 7.98. The van der Waals surface area contributed by atoms with Gasteiger partial charge in [0.15, 0.2) is 5.82 Å². The Morgan fingerprint density at radius 2 is 2.38 bits per heavy atom. The number of aryl methyl sites for hydroxylation is 1. The largest absolute Gasteiger partial charge is 0.396 e. The van der Waals surface area contributed by atoms with E-state index in [2.05, 4.69) is 22.4 Å². The van der Waals surface area contributed by atoms with Crippen molar-refractivity contribution in [2.45, 2.75) is 25.6 Å². The summed E-state index contributed by atoms with van der Waals surface area (Å²) in [4.78, 5) is 0. The lowest BCUT2D eigenvalue weighted by Crippen LogP contribution is -2.04. The normalized spacial score (nSPS) is 10.6. The summed E-state index contributed by atoms with van der Waals surface area (Å²) in [5.74, 6) is 2.40. The Morgan fingerprint density at radius 3 is 3.08 bits per heavy atom. The van der Waals surface area contributed by atoms with E-state index in [1.165, 1.54) is 0 Å². The third-order valence-electron chi connectivity index (χ3n) is 1.51. The second-order valence-electron chi connectivity index (χ2n) is 2.59. The number of hydrogen-bond acceptors (Lipinski definition) is 5. The average Bonchev–Trinajstić information content (AvgIpc) is 2.54. The summed E-state index contributed by atoms with van der Waals surface area (Å²) >= 11 is 1.64. The summed E-state index contributed by atoms with van der Waals surface area (Å²) in [6.45, 7) is 3.16. The lowest BCUT2D eigenvalue weighted by Gasteiger charge is -2.01. The van der Waals surface area contributed by atoms with Gasteiger partial charge in [0, 0.05) is 12.3 Å². The molecule has 0 saturated heterocycles. The molecule has 0 radical (unpaired) electrons. The van der Waals surface area contributed by atoms with Crippen molar-refractivity contribution < 1.29 is 5.11 Å². The smallest absolute Gasteiger partial charge is 0.161 e. The number of aliphatic hydroxyl groups is 1. The van der Waals surface area contributed by atoms with Crippen molar-refractivity contribution in [2.75, 3.05) is 12.4 Å². The summed E-state index contributed by atoms with van der Waals surface area (Å²) in [7, 11) is 0. The Hall–Kier alpha value is -0.620. The van der Waals surface area contributed by atoms with Gasteiger partial charge < -0.3 is 5.11 Å². The quantitative estimate of drug-likeness (QED) is 0.673. The fraction of sp³-hybridized carbons (Fsp3) is 0.857. The molecule has 1 N–H and O–H groups in total. The number of thioether (sulfide) groups is 1. The standard InChI is InChI=1S/C7H14N4OS/c1-2-3-11-7(8-9-10-11)6-13-5-4-12/h12H,2-6H2,1H3. The number of rotatable bonds is 6. The molecule has 6 heteroatoms. The fourth-order valence-corrected chi connectivity index (χ4v) is 1.60. The van der Waals surface area contributed by atoms with Gasteiger partial charge in [-0.3, -0.25) is 0 Å². The fourth-order valence-electron chi connectivity index (χ4n) is 0.940. The molecule has 0 spiro atoms. The number of hydrogen-bond donors (Lipinski definition) is 1. The van der Waals surface area contributed by atoms with E-state index in [0.717, 1.165) is 30.3 Å². The van der Waals surface area contributed by atoms with E-state index in [1.54, 1.807) is 11.8 Å². The van der Waals surface area contributed by atoms with Crippen LogP contribution in [0.15, 0.2) is 0 Å². The minimum atomic E-state index is 0.208. The molecule has 0 bridgehead atoms. The van der Waals surface area contributed by atoms with Crippen molar-refractivity contribution in [3.63, 3.8) is 0 Å². The van der Waals surface area contributed by atoms with E-state index >= 15 is 0 Å². The predicted molar refractivity (Wildman–Crippen MR) is 51.4 cm³/mol. The Kier molecular flexibility index (Phi) is 4.77. The molecule has 1 heterocycles. The highest BCUT2D eigenvalue weighted by Crippen LogP contribution is 2.08. The highest BCUT2D eigenvalue weighted by atomic mass is 32.2. The van der Waals surface area contributed by atoms with Crippen LogP contribution >= 0.6 is 11.8 Å². The maximum Gasteiger partial charge on any atom is 0.161 e. The van der Waals surface area contributed by atoms with Crippen molar-refractivity contribution in [3.8, 4) is 0 Å². The molecule has 0 aliphatic rings. The van der Waals surface area contributed by atoms with Gasteiger partial charge in [-0.25, -0.2) is 4.68 Å². The monoisotopic (exact) mass is 202 g/mol. The summed E-state index contributed by atoms with van der Waals surface area (Å²) in [5.41, 5.74) is 0. The zero-order valence-electron chi connectivity index (χ0n) is 7.68. The Labute approximate surface area is 81.5 Å². The Morgan fingerprint density at radius 1 is 1.54 bits per heavy atom. The van der Waals surface area contributed by atoms with Crippen molar-refractivity contribution in [3.05, 3.63) is 5.82 Å². The van der Waals surface area contributed by atoms with Crippen molar-refractivity contribution in [2.24, 2.45) is 0 Å². The van der Waals surface area contributed by atoms with Crippen LogP contribution in [-0.2, 0) is 12.3 Å². The zero-order chi connectivity index (χ0) is 9.52. The van der Waals surface area contributed by atoms with Crippen LogP contribution in [0.5, 0.6) is 0 Å². The molecular weight excluding hydrogens is 188 g/mol. The first kappa shape index (κ1) is 10.5. The van der Waals surface area contributed by atoms with Crippen molar-refractivity contribution >= 4 is 11.8 Å². The second-order valence-corrected chi connectivity index (χ2v) is 3.70. The van der Waals surface area contributed by atoms with E-state index in [-0.39, 0.29) is 6.61 Å². The SMILES string of the molecule is CCCn1nnnc1CSCCO. The molecular formula is C7H14N4OS. The van der Waals surface area contributed by atoms with Gasteiger partial charge in [0.1, 0.15) is 0 Å². The summed E-state index contributed by atoms with van der Waals surface area (Å²) in [6.07, 6.45) is 1.03. The van der Waals surface area contributed by atoms with Gasteiger partial charge >= 0.3 is 0 Å². The van der Waals surface area contributed by atoms with Gasteiger partial charge in [-0.05, 0) is 16.8 Å². The molecule has 0 unspecified atom stereocenters. The molecule has 0 saturated carbocycles.